The van der Waals surface area contributed by atoms with Crippen molar-refractivity contribution in [3.8, 4) is 0 Å². The van der Waals surface area contributed by atoms with Gasteiger partial charge < -0.3 is 5.32 Å². The Morgan fingerprint density at radius 1 is 1.35 bits per heavy atom. The van der Waals surface area contributed by atoms with Gasteiger partial charge in [0.2, 0.25) is 0 Å². The first-order chi connectivity index (χ1) is 8.04. The molecule has 0 aliphatic rings. The first-order valence-corrected chi connectivity index (χ1v) is 7.32. The van der Waals surface area contributed by atoms with Crippen LogP contribution < -0.4 is 5.32 Å². The van der Waals surface area contributed by atoms with Gasteiger partial charge in [0.05, 0.1) is 6.54 Å². The van der Waals surface area contributed by atoms with Crippen LogP contribution in [0.2, 0.25) is 0 Å². The number of rotatable bonds is 7. The van der Waals surface area contributed by atoms with Crippen LogP contribution in [0.5, 0.6) is 0 Å². The van der Waals surface area contributed by atoms with Gasteiger partial charge in [-0.25, -0.2) is 9.67 Å². The fourth-order valence-electron chi connectivity index (χ4n) is 1.61. The Hall–Kier alpha value is -0.420. The first kappa shape index (κ1) is 14.6. The zero-order chi connectivity index (χ0) is 12.8. The van der Waals surface area contributed by atoms with Crippen molar-refractivity contribution in [1.82, 2.24) is 20.1 Å². The van der Waals surface area contributed by atoms with Crippen LogP contribution in [0.1, 0.15) is 33.5 Å². The molecule has 1 unspecified atom stereocenters. The summed E-state index contributed by atoms with van der Waals surface area (Å²) in [4.78, 5) is 4.31. The first-order valence-electron chi connectivity index (χ1n) is 6.20. The second kappa shape index (κ2) is 7.11. The molecule has 17 heavy (non-hydrogen) atoms. The quantitative estimate of drug-likeness (QED) is 0.787. The Morgan fingerprint density at radius 2 is 2.06 bits per heavy atom. The molecule has 0 aromatic carbocycles. The van der Waals surface area contributed by atoms with Gasteiger partial charge >= 0.3 is 0 Å². The van der Waals surface area contributed by atoms with Gasteiger partial charge in [-0.2, -0.15) is 5.10 Å². The minimum absolute atomic E-state index is 0.471. The zero-order valence-electron chi connectivity index (χ0n) is 11.2. The molecule has 0 aliphatic carbocycles. The van der Waals surface area contributed by atoms with E-state index in [1.165, 1.54) is 0 Å². The second-order valence-corrected chi connectivity index (χ2v) is 5.79. The normalized spacial score (nSPS) is 13.6. The minimum Gasteiger partial charge on any atom is -0.306 e. The molecule has 1 N–H and O–H groups in total. The van der Waals surface area contributed by atoms with E-state index in [1.54, 1.807) is 6.33 Å². The summed E-state index contributed by atoms with van der Waals surface area (Å²) < 4.78 is 1.99. The van der Waals surface area contributed by atoms with Crippen molar-refractivity contribution in [2.45, 2.75) is 46.8 Å². The summed E-state index contributed by atoms with van der Waals surface area (Å²) in [6.07, 6.45) is 1.64. The van der Waals surface area contributed by atoms with Crippen LogP contribution >= 0.6 is 15.9 Å². The SMILES string of the molecule is CC(C)Cn1ncnc1CNC(CBr)C(C)C. The Balaban J connectivity index is 2.53. The summed E-state index contributed by atoms with van der Waals surface area (Å²) in [5, 5.41) is 8.73. The molecule has 1 aromatic rings. The van der Waals surface area contributed by atoms with Gasteiger partial charge in [-0.05, 0) is 11.8 Å². The molecule has 4 nitrogen and oxygen atoms in total. The van der Waals surface area contributed by atoms with Gasteiger partial charge in [-0.3, -0.25) is 0 Å². The highest BCUT2D eigenvalue weighted by molar-refractivity contribution is 9.09. The van der Waals surface area contributed by atoms with Gasteiger partial charge in [0.15, 0.2) is 0 Å². The van der Waals surface area contributed by atoms with E-state index in [-0.39, 0.29) is 0 Å². The summed E-state index contributed by atoms with van der Waals surface area (Å²) >= 11 is 3.53. The molecule has 0 bridgehead atoms. The van der Waals surface area contributed by atoms with E-state index in [4.69, 9.17) is 0 Å². The number of nitrogens with zero attached hydrogens (tertiary/aromatic N) is 3. The van der Waals surface area contributed by atoms with E-state index in [0.717, 1.165) is 24.2 Å². The molecule has 1 aromatic heterocycles. The Morgan fingerprint density at radius 3 is 2.59 bits per heavy atom. The smallest absolute Gasteiger partial charge is 0.140 e. The topological polar surface area (TPSA) is 42.7 Å². The third-order valence-corrected chi connectivity index (χ3v) is 3.42. The Bertz CT molecular complexity index is 322. The lowest BCUT2D eigenvalue weighted by atomic mass is 10.1. The number of hydrogen-bond donors (Lipinski definition) is 1. The largest absolute Gasteiger partial charge is 0.306 e. The van der Waals surface area contributed by atoms with Crippen molar-refractivity contribution in [2.24, 2.45) is 11.8 Å². The summed E-state index contributed by atoms with van der Waals surface area (Å²) in [5.41, 5.74) is 0. The molecule has 0 saturated carbocycles. The van der Waals surface area contributed by atoms with Crippen LogP contribution in [0.15, 0.2) is 6.33 Å². The van der Waals surface area contributed by atoms with Gasteiger partial charge in [-0.15, -0.1) is 0 Å². The van der Waals surface area contributed by atoms with Crippen LogP contribution in [0, 0.1) is 11.8 Å². The highest BCUT2D eigenvalue weighted by Gasteiger charge is 2.13. The summed E-state index contributed by atoms with van der Waals surface area (Å²) in [6.45, 7) is 10.5. The summed E-state index contributed by atoms with van der Waals surface area (Å²) in [7, 11) is 0. The van der Waals surface area contributed by atoms with E-state index in [0.29, 0.717) is 17.9 Å². The summed E-state index contributed by atoms with van der Waals surface area (Å²) in [5.74, 6) is 2.22. The molecule has 0 radical (unpaired) electrons. The van der Waals surface area contributed by atoms with Crippen LogP contribution in [0.3, 0.4) is 0 Å². The highest BCUT2D eigenvalue weighted by atomic mass is 79.9. The third kappa shape index (κ3) is 4.76. The fourth-order valence-corrected chi connectivity index (χ4v) is 2.59. The zero-order valence-corrected chi connectivity index (χ0v) is 12.7. The molecule has 0 fully saturated rings. The third-order valence-electron chi connectivity index (χ3n) is 2.73. The van der Waals surface area contributed by atoms with Crippen molar-refractivity contribution in [3.05, 3.63) is 12.2 Å². The molecule has 1 rings (SSSR count). The maximum atomic E-state index is 4.31. The highest BCUT2D eigenvalue weighted by Crippen LogP contribution is 2.07. The molecule has 0 saturated heterocycles. The van der Waals surface area contributed by atoms with Gasteiger partial charge in [0.25, 0.3) is 0 Å². The van der Waals surface area contributed by atoms with E-state index >= 15 is 0 Å². The van der Waals surface area contributed by atoms with Gasteiger partial charge in [0, 0.05) is 17.9 Å². The van der Waals surface area contributed by atoms with Crippen LogP contribution in [-0.2, 0) is 13.1 Å². The standard InChI is InChI=1S/C12H23BrN4/c1-9(2)7-17-12(15-8-16-17)6-14-11(5-13)10(3)4/h8-11,14H,5-7H2,1-4H3. The number of hydrogen-bond acceptors (Lipinski definition) is 3. The average Bonchev–Trinajstić information content (AvgIpc) is 2.65. The monoisotopic (exact) mass is 302 g/mol. The Labute approximate surface area is 112 Å². The number of aromatic nitrogens is 3. The maximum absolute atomic E-state index is 4.31. The van der Waals surface area contributed by atoms with E-state index in [9.17, 15) is 0 Å². The van der Waals surface area contributed by atoms with E-state index < -0.39 is 0 Å². The van der Waals surface area contributed by atoms with Crippen molar-refractivity contribution < 1.29 is 0 Å². The van der Waals surface area contributed by atoms with Crippen LogP contribution in [-0.4, -0.2) is 26.1 Å². The van der Waals surface area contributed by atoms with Crippen molar-refractivity contribution in [2.75, 3.05) is 5.33 Å². The van der Waals surface area contributed by atoms with Crippen molar-refractivity contribution >= 4 is 15.9 Å². The number of alkyl halides is 1. The molecule has 0 amide bonds. The van der Waals surface area contributed by atoms with E-state index in [2.05, 4.69) is 59.0 Å². The fraction of sp³-hybridized carbons (Fsp3) is 0.833. The lowest BCUT2D eigenvalue weighted by Crippen LogP contribution is -2.35. The maximum Gasteiger partial charge on any atom is 0.140 e. The lowest BCUT2D eigenvalue weighted by Gasteiger charge is -2.20. The molecular weight excluding hydrogens is 280 g/mol. The minimum atomic E-state index is 0.471. The molecule has 0 aliphatic heterocycles. The van der Waals surface area contributed by atoms with Crippen molar-refractivity contribution in [3.63, 3.8) is 0 Å². The molecule has 5 heteroatoms. The van der Waals surface area contributed by atoms with Crippen LogP contribution in [0.25, 0.3) is 0 Å². The predicted octanol–water partition coefficient (Wildman–Crippen LogP) is 2.44. The predicted molar refractivity (Wildman–Crippen MR) is 74.1 cm³/mol. The second-order valence-electron chi connectivity index (χ2n) is 5.14. The number of nitrogens with one attached hydrogen (secondary N) is 1. The molecular formula is C12H23BrN4. The lowest BCUT2D eigenvalue weighted by molar-refractivity contribution is 0.408. The molecule has 1 atom stereocenters. The van der Waals surface area contributed by atoms with E-state index in [1.807, 2.05) is 4.68 Å². The van der Waals surface area contributed by atoms with Gasteiger partial charge in [0.1, 0.15) is 12.2 Å². The van der Waals surface area contributed by atoms with Crippen molar-refractivity contribution in [1.29, 1.82) is 0 Å². The van der Waals surface area contributed by atoms with Gasteiger partial charge in [-0.1, -0.05) is 43.6 Å². The molecule has 0 spiro atoms. The molecule has 1 heterocycles. The summed E-state index contributed by atoms with van der Waals surface area (Å²) in [6, 6.07) is 0.471. The number of halogens is 1. The van der Waals surface area contributed by atoms with Crippen LogP contribution in [0.4, 0.5) is 0 Å². The molecule has 98 valence electrons. The average molecular weight is 303 g/mol. The Kier molecular flexibility index (Phi) is 6.12.